The van der Waals surface area contributed by atoms with Crippen molar-refractivity contribution in [3.63, 3.8) is 0 Å². The van der Waals surface area contributed by atoms with Gasteiger partial charge < -0.3 is 10.5 Å². The summed E-state index contributed by atoms with van der Waals surface area (Å²) < 4.78 is 5.67. The normalized spacial score (nSPS) is 23.6. The van der Waals surface area contributed by atoms with Crippen molar-refractivity contribution in [2.24, 2.45) is 17.6 Å². The van der Waals surface area contributed by atoms with Crippen LogP contribution in [0.2, 0.25) is 0 Å². The van der Waals surface area contributed by atoms with Crippen molar-refractivity contribution in [1.29, 1.82) is 0 Å². The molecular formula is C13H19N3O. The van der Waals surface area contributed by atoms with Gasteiger partial charge in [0.2, 0.25) is 5.88 Å². The number of nitrogens with two attached hydrogens (primary N) is 1. The van der Waals surface area contributed by atoms with E-state index in [1.54, 1.807) is 0 Å². The van der Waals surface area contributed by atoms with E-state index in [0.29, 0.717) is 30.9 Å². The molecule has 1 aromatic rings. The summed E-state index contributed by atoms with van der Waals surface area (Å²) in [5.74, 6) is 1.84. The summed E-state index contributed by atoms with van der Waals surface area (Å²) >= 11 is 0. The van der Waals surface area contributed by atoms with Crippen LogP contribution in [0.5, 0.6) is 5.88 Å². The lowest BCUT2D eigenvalue weighted by Gasteiger charge is -2.24. The Morgan fingerprint density at radius 1 is 1.29 bits per heavy atom. The molecule has 2 rings (SSSR count). The molecule has 1 heterocycles. The molecule has 2 unspecified atom stereocenters. The fraction of sp³-hybridized carbons (Fsp3) is 0.538. The average molecular weight is 233 g/mol. The van der Waals surface area contributed by atoms with Crippen molar-refractivity contribution >= 4 is 0 Å². The van der Waals surface area contributed by atoms with Crippen LogP contribution in [0.1, 0.15) is 25.5 Å². The molecule has 92 valence electrons. The third kappa shape index (κ3) is 3.27. The molecular weight excluding hydrogens is 214 g/mol. The van der Waals surface area contributed by atoms with Crippen molar-refractivity contribution in [2.75, 3.05) is 6.61 Å². The molecule has 0 aliphatic heterocycles. The van der Waals surface area contributed by atoms with E-state index < -0.39 is 0 Å². The van der Waals surface area contributed by atoms with Gasteiger partial charge in [0, 0.05) is 12.6 Å². The van der Waals surface area contributed by atoms with E-state index in [4.69, 9.17) is 10.5 Å². The highest BCUT2D eigenvalue weighted by molar-refractivity contribution is 5.11. The second kappa shape index (κ2) is 5.77. The second-order valence-electron chi connectivity index (χ2n) is 4.56. The van der Waals surface area contributed by atoms with Crippen molar-refractivity contribution in [2.45, 2.75) is 26.3 Å². The van der Waals surface area contributed by atoms with Gasteiger partial charge in [0.1, 0.15) is 0 Å². The lowest BCUT2D eigenvalue weighted by atomic mass is 9.85. The fourth-order valence-corrected chi connectivity index (χ4v) is 1.96. The number of ether oxygens (including phenoxy) is 1. The van der Waals surface area contributed by atoms with Crippen LogP contribution in [-0.4, -0.2) is 16.8 Å². The Hall–Kier alpha value is -1.42. The summed E-state index contributed by atoms with van der Waals surface area (Å²) in [7, 11) is 0. The maximum Gasteiger partial charge on any atom is 0.233 e. The highest BCUT2D eigenvalue weighted by Gasteiger charge is 2.18. The first-order valence-corrected chi connectivity index (χ1v) is 6.10. The van der Waals surface area contributed by atoms with Gasteiger partial charge in [-0.3, -0.25) is 0 Å². The summed E-state index contributed by atoms with van der Waals surface area (Å²) in [6.45, 7) is 3.39. The van der Waals surface area contributed by atoms with Gasteiger partial charge in [-0.05, 0) is 30.7 Å². The van der Waals surface area contributed by atoms with Crippen LogP contribution < -0.4 is 10.5 Å². The van der Waals surface area contributed by atoms with Crippen molar-refractivity contribution < 1.29 is 4.74 Å². The van der Waals surface area contributed by atoms with E-state index in [9.17, 15) is 0 Å². The van der Waals surface area contributed by atoms with Crippen LogP contribution in [0.4, 0.5) is 0 Å². The zero-order valence-electron chi connectivity index (χ0n) is 10.2. The van der Waals surface area contributed by atoms with E-state index in [-0.39, 0.29) is 0 Å². The van der Waals surface area contributed by atoms with Gasteiger partial charge in [-0.2, -0.15) is 5.10 Å². The quantitative estimate of drug-likeness (QED) is 0.807. The van der Waals surface area contributed by atoms with E-state index in [2.05, 4.69) is 29.3 Å². The molecule has 1 aromatic heterocycles. The Kier molecular flexibility index (Phi) is 4.09. The summed E-state index contributed by atoms with van der Waals surface area (Å²) in [6, 6.07) is 3.69. The molecule has 0 fully saturated rings. The molecule has 4 nitrogen and oxygen atoms in total. The predicted molar refractivity (Wildman–Crippen MR) is 66.4 cm³/mol. The zero-order valence-corrected chi connectivity index (χ0v) is 10.2. The smallest absolute Gasteiger partial charge is 0.233 e. The summed E-state index contributed by atoms with van der Waals surface area (Å²) in [4.78, 5) is 0. The minimum Gasteiger partial charge on any atom is -0.476 e. The summed E-state index contributed by atoms with van der Waals surface area (Å²) in [6.07, 6.45) is 6.72. The maximum absolute atomic E-state index is 5.67. The molecule has 2 N–H and O–H groups in total. The topological polar surface area (TPSA) is 61.0 Å². The third-order valence-corrected chi connectivity index (χ3v) is 3.27. The largest absolute Gasteiger partial charge is 0.476 e. The molecule has 0 saturated heterocycles. The minimum absolute atomic E-state index is 0.414. The lowest BCUT2D eigenvalue weighted by Crippen LogP contribution is -2.21. The molecule has 2 atom stereocenters. The van der Waals surface area contributed by atoms with Gasteiger partial charge in [-0.25, -0.2) is 0 Å². The highest BCUT2D eigenvalue weighted by Crippen LogP contribution is 2.25. The summed E-state index contributed by atoms with van der Waals surface area (Å²) in [5, 5.41) is 7.95. The summed E-state index contributed by atoms with van der Waals surface area (Å²) in [5.41, 5.74) is 6.24. The van der Waals surface area contributed by atoms with Gasteiger partial charge in [-0.15, -0.1) is 5.10 Å². The Morgan fingerprint density at radius 2 is 2.12 bits per heavy atom. The SMILES string of the molecule is CC1CC=CCC1COc1ccc(CN)nn1. The first kappa shape index (κ1) is 12.0. The lowest BCUT2D eigenvalue weighted by molar-refractivity contribution is 0.191. The molecule has 4 heteroatoms. The predicted octanol–water partition coefficient (Wildman–Crippen LogP) is 1.92. The molecule has 1 aliphatic rings. The van der Waals surface area contributed by atoms with E-state index in [0.717, 1.165) is 18.5 Å². The van der Waals surface area contributed by atoms with Gasteiger partial charge in [-0.1, -0.05) is 19.1 Å². The third-order valence-electron chi connectivity index (χ3n) is 3.27. The number of nitrogens with zero attached hydrogens (tertiary/aromatic N) is 2. The number of aromatic nitrogens is 2. The molecule has 0 spiro atoms. The Morgan fingerprint density at radius 3 is 2.76 bits per heavy atom. The number of hydrogen-bond donors (Lipinski definition) is 1. The Balaban J connectivity index is 1.86. The van der Waals surface area contributed by atoms with E-state index >= 15 is 0 Å². The van der Waals surface area contributed by atoms with Crippen LogP contribution in [0.15, 0.2) is 24.3 Å². The molecule has 17 heavy (non-hydrogen) atoms. The van der Waals surface area contributed by atoms with Gasteiger partial charge in [0.25, 0.3) is 0 Å². The zero-order chi connectivity index (χ0) is 12.1. The standard InChI is InChI=1S/C13H19N3O/c1-10-4-2-3-5-11(10)9-17-13-7-6-12(8-14)15-16-13/h2-3,6-7,10-11H,4-5,8-9,14H2,1H3. The molecule has 0 aromatic carbocycles. The molecule has 0 amide bonds. The van der Waals surface area contributed by atoms with Crippen molar-refractivity contribution in [1.82, 2.24) is 10.2 Å². The Labute approximate surface area is 102 Å². The molecule has 1 aliphatic carbocycles. The first-order chi connectivity index (χ1) is 8.29. The van der Waals surface area contributed by atoms with Crippen molar-refractivity contribution in [3.05, 3.63) is 30.0 Å². The molecule has 0 saturated carbocycles. The molecule has 0 radical (unpaired) electrons. The van der Waals surface area contributed by atoms with E-state index in [1.165, 1.54) is 0 Å². The van der Waals surface area contributed by atoms with Gasteiger partial charge >= 0.3 is 0 Å². The minimum atomic E-state index is 0.414. The van der Waals surface area contributed by atoms with E-state index in [1.807, 2.05) is 12.1 Å². The van der Waals surface area contributed by atoms with Gasteiger partial charge in [0.15, 0.2) is 0 Å². The molecule has 0 bridgehead atoms. The number of allylic oxidation sites excluding steroid dienone is 2. The number of rotatable bonds is 4. The average Bonchev–Trinajstić information content (AvgIpc) is 2.38. The van der Waals surface area contributed by atoms with Crippen molar-refractivity contribution in [3.8, 4) is 5.88 Å². The van der Waals surface area contributed by atoms with Crippen LogP contribution >= 0.6 is 0 Å². The highest BCUT2D eigenvalue weighted by atomic mass is 16.5. The fourth-order valence-electron chi connectivity index (χ4n) is 1.96. The van der Waals surface area contributed by atoms with Crippen LogP contribution in [0.3, 0.4) is 0 Å². The second-order valence-corrected chi connectivity index (χ2v) is 4.56. The number of hydrogen-bond acceptors (Lipinski definition) is 4. The van der Waals surface area contributed by atoms with Crippen LogP contribution in [-0.2, 0) is 6.54 Å². The van der Waals surface area contributed by atoms with Crippen LogP contribution in [0, 0.1) is 11.8 Å². The monoisotopic (exact) mass is 233 g/mol. The Bertz CT molecular complexity index is 375. The first-order valence-electron chi connectivity index (χ1n) is 6.10. The van der Waals surface area contributed by atoms with Gasteiger partial charge in [0.05, 0.1) is 12.3 Å². The van der Waals surface area contributed by atoms with Crippen LogP contribution in [0.25, 0.3) is 0 Å². The maximum atomic E-state index is 5.67.